The zero-order valence-corrected chi connectivity index (χ0v) is 29.9. The van der Waals surface area contributed by atoms with Gasteiger partial charge in [0, 0.05) is 16.5 Å². The highest BCUT2D eigenvalue weighted by Gasteiger charge is 2.36. The summed E-state index contributed by atoms with van der Waals surface area (Å²) < 4.78 is 20.7. The first kappa shape index (κ1) is 33.6. The molecule has 2 heterocycles. The second-order valence-electron chi connectivity index (χ2n) is 11.2. The lowest BCUT2D eigenvalue weighted by atomic mass is 9.95. The third-order valence-electron chi connectivity index (χ3n) is 7.69. The smallest absolute Gasteiger partial charge is 0.338 e. The Morgan fingerprint density at radius 2 is 1.73 bits per heavy atom. The van der Waals surface area contributed by atoms with Crippen molar-refractivity contribution in [2.45, 2.75) is 50.9 Å². The van der Waals surface area contributed by atoms with Gasteiger partial charge in [-0.05, 0) is 77.2 Å². The fourth-order valence-electron chi connectivity index (χ4n) is 5.43. The number of esters is 1. The predicted molar refractivity (Wildman–Crippen MR) is 193 cm³/mol. The van der Waals surface area contributed by atoms with Crippen molar-refractivity contribution in [3.05, 3.63) is 140 Å². The number of aromatic nitrogens is 3. The number of aryl methyl sites for hydroxylation is 1. The molecule has 1 aromatic heterocycles. The van der Waals surface area contributed by atoms with Crippen molar-refractivity contribution in [2.24, 2.45) is 0 Å². The van der Waals surface area contributed by atoms with E-state index < -0.39 is 12.0 Å². The Balaban J connectivity index is 1.36. The van der Waals surface area contributed by atoms with Gasteiger partial charge in [0.05, 0.1) is 16.7 Å². The maximum Gasteiger partial charge on any atom is 0.338 e. The van der Waals surface area contributed by atoms with Crippen molar-refractivity contribution in [1.29, 1.82) is 0 Å². The molecule has 0 aliphatic carbocycles. The third-order valence-corrected chi connectivity index (χ3v) is 9.54. The molecule has 0 saturated heterocycles. The van der Waals surface area contributed by atoms with Crippen molar-refractivity contribution in [3.63, 3.8) is 0 Å². The monoisotopic (exact) mass is 744 g/mol. The second kappa shape index (κ2) is 15.3. The van der Waals surface area contributed by atoms with E-state index in [1.54, 1.807) is 4.68 Å². The van der Waals surface area contributed by atoms with E-state index in [9.17, 15) is 4.79 Å². The van der Waals surface area contributed by atoms with E-state index in [1.807, 2.05) is 92.7 Å². The summed E-state index contributed by atoms with van der Waals surface area (Å²) in [5.74, 6) is 1.73. The molecule has 0 bridgehead atoms. The Kier molecular flexibility index (Phi) is 10.7. The van der Waals surface area contributed by atoms with Crippen LogP contribution in [0.4, 0.5) is 5.95 Å². The Morgan fingerprint density at radius 1 is 0.958 bits per heavy atom. The first-order chi connectivity index (χ1) is 23.3. The minimum atomic E-state index is -0.673. The summed E-state index contributed by atoms with van der Waals surface area (Å²) in [5.41, 5.74) is 5.84. The van der Waals surface area contributed by atoms with Crippen molar-refractivity contribution in [3.8, 4) is 11.5 Å². The number of hydrogen-bond donors (Lipinski definition) is 1. The van der Waals surface area contributed by atoms with Crippen molar-refractivity contribution in [2.75, 3.05) is 11.9 Å². The summed E-state index contributed by atoms with van der Waals surface area (Å²) in [6, 6.07) is 28.6. The van der Waals surface area contributed by atoms with Crippen LogP contribution in [-0.2, 0) is 28.5 Å². The number of ether oxygens (including phenoxy) is 3. The Morgan fingerprint density at radius 3 is 2.50 bits per heavy atom. The first-order valence-electron chi connectivity index (χ1n) is 15.5. The molecule has 5 aromatic rings. The molecule has 0 saturated carbocycles. The van der Waals surface area contributed by atoms with Crippen molar-refractivity contribution in [1.82, 2.24) is 14.8 Å². The molecule has 0 fully saturated rings. The largest absolute Gasteiger partial charge is 0.490 e. The van der Waals surface area contributed by atoms with Gasteiger partial charge < -0.3 is 19.5 Å². The van der Waals surface area contributed by atoms with Crippen LogP contribution in [0.15, 0.2) is 112 Å². The molecule has 0 radical (unpaired) electrons. The Labute approximate surface area is 297 Å². The molecular weight excluding hydrogens is 712 g/mol. The standard InChI is InChI=1S/C37H34BrClN4O4S/c1-4-45-31-19-28(18-29(38)34(31)46-21-26-14-10-11-23(2)17-26)33-32(35(44)47-20-25-12-6-5-7-13-25)24(3)40-36-41-37(42-43(33)36)48-22-27-15-8-9-16-30(27)39/h5-19,33H,4,20-22H2,1-3H3,(H,40,41,42). The summed E-state index contributed by atoms with van der Waals surface area (Å²) in [5, 5.41) is 9.40. The molecule has 1 atom stereocenters. The van der Waals surface area contributed by atoms with Crippen LogP contribution in [0.3, 0.4) is 0 Å². The van der Waals surface area contributed by atoms with Gasteiger partial charge in [0.25, 0.3) is 0 Å². The third kappa shape index (κ3) is 7.72. The fraction of sp³-hybridized carbons (Fsp3) is 0.216. The van der Waals surface area contributed by atoms with Crippen molar-refractivity contribution >= 4 is 51.2 Å². The maximum absolute atomic E-state index is 13.9. The number of nitrogens with zero attached hydrogens (tertiary/aromatic N) is 3. The highest BCUT2D eigenvalue weighted by molar-refractivity contribution is 9.10. The van der Waals surface area contributed by atoms with Crippen LogP contribution >= 0.6 is 39.3 Å². The summed E-state index contributed by atoms with van der Waals surface area (Å²) in [6.45, 7) is 6.73. The van der Waals surface area contributed by atoms with E-state index in [1.165, 1.54) is 11.8 Å². The normalized spacial score (nSPS) is 13.9. The van der Waals surface area contributed by atoms with Gasteiger partial charge in [-0.1, -0.05) is 102 Å². The van der Waals surface area contributed by atoms with Gasteiger partial charge in [-0.3, -0.25) is 0 Å². The molecule has 1 N–H and O–H groups in total. The van der Waals surface area contributed by atoms with Gasteiger partial charge >= 0.3 is 5.97 Å². The zero-order chi connectivity index (χ0) is 33.6. The molecule has 1 aliphatic heterocycles. The van der Waals surface area contributed by atoms with E-state index in [0.29, 0.717) is 62.3 Å². The summed E-state index contributed by atoms with van der Waals surface area (Å²) in [7, 11) is 0. The number of fused-ring (bicyclic) bond motifs is 1. The number of halogens is 2. The lowest BCUT2D eigenvalue weighted by Crippen LogP contribution is -2.29. The predicted octanol–water partition coefficient (Wildman–Crippen LogP) is 9.30. The van der Waals surface area contributed by atoms with Crippen LogP contribution < -0.4 is 14.8 Å². The molecule has 246 valence electrons. The van der Waals surface area contributed by atoms with Crippen LogP contribution in [-0.4, -0.2) is 27.3 Å². The number of thioether (sulfide) groups is 1. The number of rotatable bonds is 12. The van der Waals surface area contributed by atoms with Gasteiger partial charge in [-0.15, -0.1) is 5.10 Å². The number of allylic oxidation sites excluding steroid dienone is 1. The second-order valence-corrected chi connectivity index (χ2v) is 13.4. The lowest BCUT2D eigenvalue weighted by molar-refractivity contribution is -0.140. The summed E-state index contributed by atoms with van der Waals surface area (Å²) in [4.78, 5) is 18.7. The summed E-state index contributed by atoms with van der Waals surface area (Å²) in [6.07, 6.45) is 0. The SMILES string of the molecule is CCOc1cc(C2C(C(=O)OCc3ccccc3)=C(C)Nc3nc(SCc4ccccc4Cl)nn32)cc(Br)c1OCc1cccc(C)c1. The molecular formula is C37H34BrClN4O4S. The first-order valence-corrected chi connectivity index (χ1v) is 17.6. The topological polar surface area (TPSA) is 87.5 Å². The number of carbonyl (C=O) groups excluding carboxylic acids is 1. The number of carbonyl (C=O) groups is 1. The van der Waals surface area contributed by atoms with Gasteiger partial charge in [0.2, 0.25) is 11.1 Å². The number of anilines is 1. The minimum absolute atomic E-state index is 0.131. The van der Waals surface area contributed by atoms with Gasteiger partial charge in [0.1, 0.15) is 19.3 Å². The highest BCUT2D eigenvalue weighted by atomic mass is 79.9. The average molecular weight is 746 g/mol. The van der Waals surface area contributed by atoms with Crippen LogP contribution in [0.2, 0.25) is 5.02 Å². The molecule has 48 heavy (non-hydrogen) atoms. The van der Waals surface area contributed by atoms with Gasteiger partial charge in [0.15, 0.2) is 11.5 Å². The van der Waals surface area contributed by atoms with E-state index in [-0.39, 0.29) is 6.61 Å². The van der Waals surface area contributed by atoms with Crippen LogP contribution in [0, 0.1) is 6.92 Å². The Bertz CT molecular complexity index is 1970. The maximum atomic E-state index is 13.9. The molecule has 8 nitrogen and oxygen atoms in total. The van der Waals surface area contributed by atoms with Crippen molar-refractivity contribution < 1.29 is 19.0 Å². The lowest BCUT2D eigenvalue weighted by Gasteiger charge is -2.29. The highest BCUT2D eigenvalue weighted by Crippen LogP contribution is 2.44. The fourth-order valence-corrected chi connectivity index (χ4v) is 7.12. The van der Waals surface area contributed by atoms with E-state index in [4.69, 9.17) is 35.9 Å². The molecule has 4 aromatic carbocycles. The van der Waals surface area contributed by atoms with Gasteiger partial charge in [-0.2, -0.15) is 4.98 Å². The van der Waals surface area contributed by atoms with Crippen LogP contribution in [0.25, 0.3) is 0 Å². The molecule has 0 spiro atoms. The van der Waals surface area contributed by atoms with E-state index >= 15 is 0 Å². The van der Waals surface area contributed by atoms with E-state index in [0.717, 1.165) is 27.8 Å². The molecule has 0 amide bonds. The van der Waals surface area contributed by atoms with Crippen LogP contribution in [0.1, 0.15) is 47.7 Å². The average Bonchev–Trinajstić information content (AvgIpc) is 3.48. The van der Waals surface area contributed by atoms with Crippen LogP contribution in [0.5, 0.6) is 11.5 Å². The summed E-state index contributed by atoms with van der Waals surface area (Å²) >= 11 is 11.6. The van der Waals surface area contributed by atoms with E-state index in [2.05, 4.69) is 40.3 Å². The number of benzene rings is 4. The zero-order valence-electron chi connectivity index (χ0n) is 26.7. The molecule has 11 heteroatoms. The molecule has 1 unspecified atom stereocenters. The van der Waals surface area contributed by atoms with Gasteiger partial charge in [-0.25, -0.2) is 9.48 Å². The number of hydrogen-bond acceptors (Lipinski definition) is 8. The molecule has 1 aliphatic rings. The Hall–Kier alpha value is -4.25. The number of nitrogens with one attached hydrogen (secondary N) is 1. The quantitative estimate of drug-likeness (QED) is 0.1000. The minimum Gasteiger partial charge on any atom is -0.490 e. The molecule has 6 rings (SSSR count).